The molecule has 2 rings (SSSR count). The van der Waals surface area contributed by atoms with Gasteiger partial charge in [0.2, 0.25) is 0 Å². The molecule has 0 radical (unpaired) electrons. The van der Waals surface area contributed by atoms with E-state index in [1.54, 1.807) is 0 Å². The Morgan fingerprint density at radius 2 is 2.14 bits per heavy atom. The van der Waals surface area contributed by atoms with Crippen LogP contribution >= 0.6 is 0 Å². The molecule has 2 fully saturated rings. The van der Waals surface area contributed by atoms with Gasteiger partial charge in [-0.2, -0.15) is 5.26 Å². The summed E-state index contributed by atoms with van der Waals surface area (Å²) in [5.74, 6) is 0. The second-order valence-electron chi connectivity index (χ2n) is 4.60. The van der Waals surface area contributed by atoms with Crippen molar-refractivity contribution in [2.24, 2.45) is 0 Å². The maximum atomic E-state index is 8.82. The Kier molecular flexibility index (Phi) is 3.05. The molecule has 0 aromatic carbocycles. The lowest BCUT2D eigenvalue weighted by Crippen LogP contribution is -2.41. The molecule has 0 spiro atoms. The molecule has 0 aromatic rings. The Balaban J connectivity index is 1.99. The van der Waals surface area contributed by atoms with Crippen LogP contribution in [0, 0.1) is 11.3 Å². The minimum absolute atomic E-state index is 0.486. The van der Waals surface area contributed by atoms with Gasteiger partial charge in [0, 0.05) is 25.2 Å². The quantitative estimate of drug-likeness (QED) is 0.657. The summed E-state index contributed by atoms with van der Waals surface area (Å²) >= 11 is 0. The molecular formula is C11H19N3. The fourth-order valence-electron chi connectivity index (χ4n) is 2.44. The van der Waals surface area contributed by atoms with Crippen LogP contribution in [0.25, 0.3) is 0 Å². The zero-order chi connectivity index (χ0) is 9.97. The first-order valence-electron chi connectivity index (χ1n) is 5.62. The van der Waals surface area contributed by atoms with Gasteiger partial charge in [-0.3, -0.25) is 4.90 Å². The highest BCUT2D eigenvalue weighted by Crippen LogP contribution is 2.30. The minimum atomic E-state index is 0.486. The van der Waals surface area contributed by atoms with Crippen molar-refractivity contribution < 1.29 is 0 Å². The molecule has 0 amide bonds. The van der Waals surface area contributed by atoms with E-state index in [4.69, 9.17) is 5.26 Å². The molecule has 0 aromatic heterocycles. The lowest BCUT2D eigenvalue weighted by atomic mass is 10.2. The van der Waals surface area contributed by atoms with Gasteiger partial charge >= 0.3 is 0 Å². The van der Waals surface area contributed by atoms with Gasteiger partial charge in [-0.25, -0.2) is 0 Å². The fraction of sp³-hybridized carbons (Fsp3) is 0.909. The first-order valence-corrected chi connectivity index (χ1v) is 5.62. The molecule has 2 aliphatic rings. The van der Waals surface area contributed by atoms with Crippen LogP contribution in [0.1, 0.15) is 25.7 Å². The van der Waals surface area contributed by atoms with Crippen molar-refractivity contribution in [1.82, 2.24) is 9.80 Å². The number of nitrogens with zero attached hydrogens (tertiary/aromatic N) is 3. The predicted molar refractivity (Wildman–Crippen MR) is 55.9 cm³/mol. The lowest BCUT2D eigenvalue weighted by molar-refractivity contribution is 0.182. The Labute approximate surface area is 86.3 Å². The van der Waals surface area contributed by atoms with Crippen molar-refractivity contribution in [3.8, 4) is 6.07 Å². The van der Waals surface area contributed by atoms with Gasteiger partial charge in [0.15, 0.2) is 0 Å². The second kappa shape index (κ2) is 4.29. The second-order valence-corrected chi connectivity index (χ2v) is 4.60. The average Bonchev–Trinajstić information content (AvgIpc) is 2.93. The molecule has 3 nitrogen and oxygen atoms in total. The van der Waals surface area contributed by atoms with Gasteiger partial charge in [-0.05, 0) is 32.9 Å². The smallest absolute Gasteiger partial charge is 0.0638 e. The molecule has 1 atom stereocenters. The number of rotatable bonds is 2. The summed E-state index contributed by atoms with van der Waals surface area (Å²) in [5, 5.41) is 8.82. The van der Waals surface area contributed by atoms with Crippen LogP contribution in [-0.4, -0.2) is 48.6 Å². The summed E-state index contributed by atoms with van der Waals surface area (Å²) in [6.07, 6.45) is 4.66. The van der Waals surface area contributed by atoms with Crippen molar-refractivity contribution in [3.63, 3.8) is 0 Å². The summed E-state index contributed by atoms with van der Waals surface area (Å²) in [4.78, 5) is 4.94. The maximum Gasteiger partial charge on any atom is 0.0638 e. The molecule has 1 aliphatic heterocycles. The van der Waals surface area contributed by atoms with Crippen LogP contribution < -0.4 is 0 Å². The lowest BCUT2D eigenvalue weighted by Gasteiger charge is -2.29. The Hall–Kier alpha value is -0.590. The van der Waals surface area contributed by atoms with Gasteiger partial charge in [0.05, 0.1) is 12.5 Å². The van der Waals surface area contributed by atoms with Crippen LogP contribution in [0.2, 0.25) is 0 Å². The average molecular weight is 193 g/mol. The van der Waals surface area contributed by atoms with Crippen LogP contribution in [-0.2, 0) is 0 Å². The van der Waals surface area contributed by atoms with E-state index in [9.17, 15) is 0 Å². The van der Waals surface area contributed by atoms with E-state index >= 15 is 0 Å². The van der Waals surface area contributed by atoms with Gasteiger partial charge in [0.25, 0.3) is 0 Å². The molecule has 3 heteroatoms. The third kappa shape index (κ3) is 2.26. The zero-order valence-corrected chi connectivity index (χ0v) is 8.95. The van der Waals surface area contributed by atoms with Gasteiger partial charge in [0.1, 0.15) is 0 Å². The minimum Gasteiger partial charge on any atom is -0.305 e. The number of likely N-dealkylation sites (N-methyl/N-ethyl adjacent to an activating group) is 1. The largest absolute Gasteiger partial charge is 0.305 e. The third-order valence-electron chi connectivity index (χ3n) is 3.29. The van der Waals surface area contributed by atoms with Crippen molar-refractivity contribution in [3.05, 3.63) is 0 Å². The van der Waals surface area contributed by atoms with Crippen LogP contribution in [0.15, 0.2) is 0 Å². The SMILES string of the molecule is CN1CCCN(C2CC2)C(CC#N)C1. The summed E-state index contributed by atoms with van der Waals surface area (Å²) in [6.45, 7) is 3.45. The van der Waals surface area contributed by atoms with E-state index in [2.05, 4.69) is 22.9 Å². The topological polar surface area (TPSA) is 30.3 Å². The molecule has 1 aliphatic carbocycles. The standard InChI is InChI=1S/C11H19N3/c1-13-7-2-8-14(10-3-4-10)11(9-13)5-6-12/h10-11H,2-5,7-9H2,1H3. The molecule has 14 heavy (non-hydrogen) atoms. The van der Waals surface area contributed by atoms with E-state index in [1.807, 2.05) is 0 Å². The molecule has 0 bridgehead atoms. The zero-order valence-electron chi connectivity index (χ0n) is 8.95. The van der Waals surface area contributed by atoms with Crippen molar-refractivity contribution in [2.75, 3.05) is 26.7 Å². The molecule has 1 saturated heterocycles. The third-order valence-corrected chi connectivity index (χ3v) is 3.29. The summed E-state index contributed by atoms with van der Waals surface area (Å²) in [5.41, 5.74) is 0. The van der Waals surface area contributed by atoms with E-state index in [-0.39, 0.29) is 0 Å². The summed E-state index contributed by atoms with van der Waals surface area (Å²) in [6, 6.07) is 3.62. The molecule has 78 valence electrons. The Morgan fingerprint density at radius 3 is 2.79 bits per heavy atom. The highest BCUT2D eigenvalue weighted by atomic mass is 15.3. The Morgan fingerprint density at radius 1 is 1.36 bits per heavy atom. The predicted octanol–water partition coefficient (Wildman–Crippen LogP) is 1.07. The Bertz CT molecular complexity index is 229. The molecular weight excluding hydrogens is 174 g/mol. The van der Waals surface area contributed by atoms with Gasteiger partial charge in [-0.1, -0.05) is 0 Å². The fourth-order valence-corrected chi connectivity index (χ4v) is 2.44. The van der Waals surface area contributed by atoms with Crippen LogP contribution in [0.4, 0.5) is 0 Å². The van der Waals surface area contributed by atoms with Crippen LogP contribution in [0.3, 0.4) is 0 Å². The number of hydrogen-bond donors (Lipinski definition) is 0. The van der Waals surface area contributed by atoms with Crippen LogP contribution in [0.5, 0.6) is 0 Å². The molecule has 0 N–H and O–H groups in total. The monoisotopic (exact) mass is 193 g/mol. The highest BCUT2D eigenvalue weighted by molar-refractivity contribution is 4.94. The number of hydrogen-bond acceptors (Lipinski definition) is 3. The normalized spacial score (nSPS) is 31.0. The highest BCUT2D eigenvalue weighted by Gasteiger charge is 2.35. The first kappa shape index (κ1) is 9.95. The first-order chi connectivity index (χ1) is 6.81. The van der Waals surface area contributed by atoms with E-state index in [0.29, 0.717) is 12.5 Å². The van der Waals surface area contributed by atoms with E-state index < -0.39 is 0 Å². The number of nitriles is 1. The summed E-state index contributed by atoms with van der Waals surface area (Å²) < 4.78 is 0. The maximum absolute atomic E-state index is 8.82. The molecule has 1 unspecified atom stereocenters. The van der Waals surface area contributed by atoms with Crippen molar-refractivity contribution in [2.45, 2.75) is 37.8 Å². The van der Waals surface area contributed by atoms with E-state index in [1.165, 1.54) is 32.4 Å². The summed E-state index contributed by atoms with van der Waals surface area (Å²) in [7, 11) is 2.17. The van der Waals surface area contributed by atoms with E-state index in [0.717, 1.165) is 12.6 Å². The molecule has 1 heterocycles. The van der Waals surface area contributed by atoms with Gasteiger partial charge in [-0.15, -0.1) is 0 Å². The van der Waals surface area contributed by atoms with Crippen molar-refractivity contribution >= 4 is 0 Å². The van der Waals surface area contributed by atoms with Crippen molar-refractivity contribution in [1.29, 1.82) is 5.26 Å². The molecule has 1 saturated carbocycles. The van der Waals surface area contributed by atoms with Gasteiger partial charge < -0.3 is 4.90 Å².